The minimum Gasteiger partial charge on any atom is -0.480 e. The Morgan fingerprint density at radius 2 is 2.26 bits per heavy atom. The number of anilines is 1. The molecule has 0 aliphatic rings. The third kappa shape index (κ3) is 3.06. The summed E-state index contributed by atoms with van der Waals surface area (Å²) in [7, 11) is 0. The minimum absolute atomic E-state index is 0.0338. The van der Waals surface area contributed by atoms with Crippen LogP contribution in [0.25, 0.3) is 0 Å². The van der Waals surface area contributed by atoms with Crippen LogP contribution in [0.3, 0.4) is 0 Å². The Bertz CT molecular complexity index is 673. The number of hydrogen-bond donors (Lipinski definition) is 3. The number of aliphatic carboxylic acids is 1. The number of aromatic amines is 1. The van der Waals surface area contributed by atoms with Crippen molar-refractivity contribution < 1.29 is 14.7 Å². The fraction of sp³-hybridized carbons (Fsp3) is 0.0909. The van der Waals surface area contributed by atoms with Gasteiger partial charge in [0.1, 0.15) is 12.1 Å². The van der Waals surface area contributed by atoms with Crippen LogP contribution in [0.2, 0.25) is 0 Å². The smallest absolute Gasteiger partial charge is 0.325 e. The third-order valence-electron chi connectivity index (χ3n) is 2.26. The first kappa shape index (κ1) is 12.6. The summed E-state index contributed by atoms with van der Waals surface area (Å²) in [5.41, 5.74) is -0.128. The number of nitrogens with one attached hydrogen (secondary N) is 2. The van der Waals surface area contributed by atoms with E-state index in [1.807, 2.05) is 0 Å². The number of carboxylic acids is 1. The van der Waals surface area contributed by atoms with Gasteiger partial charge in [-0.3, -0.25) is 19.1 Å². The lowest BCUT2D eigenvalue weighted by Gasteiger charge is -2.00. The molecule has 2 rings (SSSR count). The van der Waals surface area contributed by atoms with Crippen LogP contribution in [0.5, 0.6) is 0 Å². The molecule has 0 aromatic carbocycles. The number of rotatable bonds is 4. The molecule has 8 heteroatoms. The van der Waals surface area contributed by atoms with Crippen LogP contribution < -0.4 is 10.7 Å². The van der Waals surface area contributed by atoms with Crippen molar-refractivity contribution in [1.29, 1.82) is 0 Å². The van der Waals surface area contributed by atoms with E-state index in [0.717, 1.165) is 4.68 Å². The largest absolute Gasteiger partial charge is 0.480 e. The monoisotopic (exact) mass is 262 g/mol. The zero-order valence-electron chi connectivity index (χ0n) is 9.66. The minimum atomic E-state index is -1.04. The Morgan fingerprint density at radius 3 is 2.95 bits per heavy atom. The first-order valence-corrected chi connectivity index (χ1v) is 5.29. The molecule has 2 heterocycles. The average molecular weight is 262 g/mol. The topological polar surface area (TPSA) is 117 Å². The van der Waals surface area contributed by atoms with Crippen LogP contribution in [0.4, 0.5) is 5.69 Å². The Morgan fingerprint density at radius 1 is 1.47 bits per heavy atom. The van der Waals surface area contributed by atoms with Gasteiger partial charge in [-0.1, -0.05) is 0 Å². The molecule has 0 aliphatic carbocycles. The van der Waals surface area contributed by atoms with E-state index in [1.54, 1.807) is 0 Å². The molecule has 8 nitrogen and oxygen atoms in total. The summed E-state index contributed by atoms with van der Waals surface area (Å²) in [4.78, 5) is 36.3. The molecular weight excluding hydrogens is 252 g/mol. The molecule has 0 saturated heterocycles. The van der Waals surface area contributed by atoms with Gasteiger partial charge in [0.15, 0.2) is 5.43 Å². The van der Waals surface area contributed by atoms with E-state index in [2.05, 4.69) is 15.4 Å². The van der Waals surface area contributed by atoms with Crippen molar-refractivity contribution in [2.45, 2.75) is 6.54 Å². The molecule has 0 radical (unpaired) electrons. The van der Waals surface area contributed by atoms with Crippen molar-refractivity contribution in [3.63, 3.8) is 0 Å². The molecule has 0 unspecified atom stereocenters. The van der Waals surface area contributed by atoms with Gasteiger partial charge in [-0.15, -0.1) is 0 Å². The molecule has 98 valence electrons. The second-order valence-corrected chi connectivity index (χ2v) is 3.70. The number of hydrogen-bond acceptors (Lipinski definition) is 4. The summed E-state index contributed by atoms with van der Waals surface area (Å²) in [6, 6.07) is 1.24. The van der Waals surface area contributed by atoms with Crippen LogP contribution in [0.15, 0.2) is 35.6 Å². The summed E-state index contributed by atoms with van der Waals surface area (Å²) < 4.78 is 1.16. The summed E-state index contributed by atoms with van der Waals surface area (Å²) >= 11 is 0. The fourth-order valence-corrected chi connectivity index (χ4v) is 1.45. The number of carboxylic acid groups (broad SMARTS) is 1. The van der Waals surface area contributed by atoms with Gasteiger partial charge < -0.3 is 15.4 Å². The van der Waals surface area contributed by atoms with E-state index < -0.39 is 17.3 Å². The molecule has 0 atom stereocenters. The second-order valence-electron chi connectivity index (χ2n) is 3.70. The molecule has 0 fully saturated rings. The molecule has 2 aromatic rings. The Balaban J connectivity index is 2.11. The van der Waals surface area contributed by atoms with Crippen LogP contribution in [-0.2, 0) is 11.3 Å². The number of H-pyrrole nitrogens is 1. The third-order valence-corrected chi connectivity index (χ3v) is 2.26. The van der Waals surface area contributed by atoms with Gasteiger partial charge in [0, 0.05) is 24.7 Å². The number of pyridine rings is 1. The fourth-order valence-electron chi connectivity index (χ4n) is 1.45. The van der Waals surface area contributed by atoms with Gasteiger partial charge in [0.05, 0.1) is 11.9 Å². The van der Waals surface area contributed by atoms with Crippen LogP contribution >= 0.6 is 0 Å². The molecule has 0 spiro atoms. The number of aromatic nitrogens is 3. The van der Waals surface area contributed by atoms with Gasteiger partial charge in [-0.25, -0.2) is 0 Å². The van der Waals surface area contributed by atoms with E-state index >= 15 is 0 Å². The van der Waals surface area contributed by atoms with Crippen molar-refractivity contribution >= 4 is 17.6 Å². The molecule has 0 aliphatic heterocycles. The van der Waals surface area contributed by atoms with Gasteiger partial charge in [0.25, 0.3) is 5.91 Å². The predicted molar refractivity (Wildman–Crippen MR) is 64.9 cm³/mol. The van der Waals surface area contributed by atoms with Crippen molar-refractivity contribution in [2.75, 3.05) is 5.32 Å². The Kier molecular flexibility index (Phi) is 3.42. The van der Waals surface area contributed by atoms with E-state index in [-0.39, 0.29) is 12.1 Å². The van der Waals surface area contributed by atoms with Crippen molar-refractivity contribution in [1.82, 2.24) is 14.8 Å². The highest BCUT2D eigenvalue weighted by Gasteiger charge is 2.11. The zero-order valence-corrected chi connectivity index (χ0v) is 9.66. The molecule has 2 aromatic heterocycles. The zero-order chi connectivity index (χ0) is 13.8. The second kappa shape index (κ2) is 5.17. The van der Waals surface area contributed by atoms with Gasteiger partial charge in [-0.2, -0.15) is 5.10 Å². The summed E-state index contributed by atoms with van der Waals surface area (Å²) in [6.45, 7) is -0.304. The maximum atomic E-state index is 11.8. The maximum Gasteiger partial charge on any atom is 0.325 e. The molecule has 0 bridgehead atoms. The van der Waals surface area contributed by atoms with Crippen molar-refractivity contribution in [3.05, 3.63) is 46.6 Å². The highest BCUT2D eigenvalue weighted by molar-refractivity contribution is 6.03. The quantitative estimate of drug-likeness (QED) is 0.711. The lowest BCUT2D eigenvalue weighted by atomic mass is 10.2. The lowest BCUT2D eigenvalue weighted by molar-refractivity contribution is -0.137. The van der Waals surface area contributed by atoms with Crippen LogP contribution in [0.1, 0.15) is 10.4 Å². The molecule has 1 amide bonds. The first-order chi connectivity index (χ1) is 9.06. The average Bonchev–Trinajstić information content (AvgIpc) is 2.76. The van der Waals surface area contributed by atoms with Crippen molar-refractivity contribution in [3.8, 4) is 0 Å². The van der Waals surface area contributed by atoms with Gasteiger partial charge in [-0.05, 0) is 0 Å². The molecule has 19 heavy (non-hydrogen) atoms. The standard InChI is InChI=1S/C11H10N4O4/c16-9-1-2-12-4-8(9)11(19)14-7-3-13-15(5-7)6-10(17)18/h1-5H,6H2,(H,12,16)(H,14,19)(H,17,18). The normalized spacial score (nSPS) is 10.1. The predicted octanol–water partition coefficient (Wildman–Crippen LogP) is -0.0917. The summed E-state index contributed by atoms with van der Waals surface area (Å²) in [6.07, 6.45) is 5.38. The Hall–Kier alpha value is -2.90. The number of nitrogens with zero attached hydrogens (tertiary/aromatic N) is 2. The van der Waals surface area contributed by atoms with E-state index in [0.29, 0.717) is 5.69 Å². The molecule has 0 saturated carbocycles. The summed E-state index contributed by atoms with van der Waals surface area (Å²) in [5, 5.41) is 14.8. The highest BCUT2D eigenvalue weighted by atomic mass is 16.4. The van der Waals surface area contributed by atoms with Crippen LogP contribution in [-0.4, -0.2) is 31.7 Å². The maximum absolute atomic E-state index is 11.8. The number of carbonyl (C=O) groups is 2. The number of amides is 1. The molecular formula is C11H10N4O4. The SMILES string of the molecule is O=C(O)Cn1cc(NC(=O)c2c[nH]ccc2=O)cn1. The van der Waals surface area contributed by atoms with Gasteiger partial charge >= 0.3 is 5.97 Å². The van der Waals surface area contributed by atoms with E-state index in [4.69, 9.17) is 5.11 Å². The van der Waals surface area contributed by atoms with Crippen molar-refractivity contribution in [2.24, 2.45) is 0 Å². The Labute approximate surface area is 106 Å². The number of carbonyl (C=O) groups excluding carboxylic acids is 1. The lowest BCUT2D eigenvalue weighted by Crippen LogP contribution is -2.20. The van der Waals surface area contributed by atoms with Gasteiger partial charge in [0.2, 0.25) is 0 Å². The van der Waals surface area contributed by atoms with Crippen LogP contribution in [0, 0.1) is 0 Å². The van der Waals surface area contributed by atoms with E-state index in [1.165, 1.54) is 30.9 Å². The molecule has 3 N–H and O–H groups in total. The first-order valence-electron chi connectivity index (χ1n) is 5.29. The summed E-state index contributed by atoms with van der Waals surface area (Å²) in [5.74, 6) is -1.63. The van der Waals surface area contributed by atoms with E-state index in [9.17, 15) is 14.4 Å². The highest BCUT2D eigenvalue weighted by Crippen LogP contribution is 2.06.